The Hall–Kier alpha value is -2.76. The van der Waals surface area contributed by atoms with Gasteiger partial charge in [-0.05, 0) is 36.8 Å². The third-order valence-electron chi connectivity index (χ3n) is 3.45. The van der Waals surface area contributed by atoms with Crippen molar-refractivity contribution in [3.05, 3.63) is 48.3 Å². The number of rotatable bonds is 7. The first-order chi connectivity index (χ1) is 11.1. The van der Waals surface area contributed by atoms with Crippen molar-refractivity contribution in [2.24, 2.45) is 0 Å². The Bertz CT molecular complexity index is 666. The summed E-state index contributed by atoms with van der Waals surface area (Å²) in [7, 11) is 3.09. The van der Waals surface area contributed by atoms with Crippen molar-refractivity contribution >= 4 is 17.5 Å². The van der Waals surface area contributed by atoms with Crippen molar-refractivity contribution in [3.8, 4) is 5.75 Å². The molecule has 0 saturated carbocycles. The van der Waals surface area contributed by atoms with Gasteiger partial charge in [-0.25, -0.2) is 0 Å². The first-order valence-electron chi connectivity index (χ1n) is 7.44. The van der Waals surface area contributed by atoms with Crippen LogP contribution in [0.15, 0.2) is 42.7 Å². The van der Waals surface area contributed by atoms with Gasteiger partial charge in [-0.1, -0.05) is 0 Å². The SMILES string of the molecule is CNC(=O)c1ccc(OC)c(NC(=O)CCCn2cccc2)c1. The number of benzene rings is 1. The Morgan fingerprint density at radius 2 is 1.96 bits per heavy atom. The van der Waals surface area contributed by atoms with Crippen LogP contribution in [-0.2, 0) is 11.3 Å². The first-order valence-corrected chi connectivity index (χ1v) is 7.44. The molecule has 0 saturated heterocycles. The number of amides is 2. The van der Waals surface area contributed by atoms with Crippen LogP contribution in [-0.4, -0.2) is 30.5 Å². The number of carbonyl (C=O) groups is 2. The minimum atomic E-state index is -0.212. The molecule has 6 nitrogen and oxygen atoms in total. The van der Waals surface area contributed by atoms with E-state index in [0.717, 1.165) is 13.0 Å². The van der Waals surface area contributed by atoms with E-state index in [9.17, 15) is 9.59 Å². The van der Waals surface area contributed by atoms with Crippen molar-refractivity contribution in [3.63, 3.8) is 0 Å². The lowest BCUT2D eigenvalue weighted by molar-refractivity contribution is -0.116. The first kappa shape index (κ1) is 16.6. The monoisotopic (exact) mass is 315 g/mol. The van der Waals surface area contributed by atoms with Crippen LogP contribution in [0.2, 0.25) is 0 Å². The fourth-order valence-electron chi connectivity index (χ4n) is 2.25. The molecule has 0 aliphatic carbocycles. The lowest BCUT2D eigenvalue weighted by Crippen LogP contribution is -2.19. The van der Waals surface area contributed by atoms with Crippen LogP contribution >= 0.6 is 0 Å². The fourth-order valence-corrected chi connectivity index (χ4v) is 2.25. The van der Waals surface area contributed by atoms with E-state index in [1.165, 1.54) is 7.11 Å². The predicted molar refractivity (Wildman–Crippen MR) is 88.7 cm³/mol. The molecule has 2 N–H and O–H groups in total. The third-order valence-corrected chi connectivity index (χ3v) is 3.45. The number of hydrogen-bond acceptors (Lipinski definition) is 3. The van der Waals surface area contributed by atoms with E-state index >= 15 is 0 Å². The maximum Gasteiger partial charge on any atom is 0.251 e. The van der Waals surface area contributed by atoms with Crippen LogP contribution in [0, 0.1) is 0 Å². The third kappa shape index (κ3) is 4.60. The number of nitrogens with zero attached hydrogens (tertiary/aromatic N) is 1. The van der Waals surface area contributed by atoms with Crippen LogP contribution in [0.1, 0.15) is 23.2 Å². The molecule has 0 unspecified atom stereocenters. The molecule has 1 aromatic carbocycles. The van der Waals surface area contributed by atoms with Gasteiger partial charge in [-0.2, -0.15) is 0 Å². The maximum atomic E-state index is 12.1. The maximum absolute atomic E-state index is 12.1. The summed E-state index contributed by atoms with van der Waals surface area (Å²) in [5, 5.41) is 5.36. The largest absolute Gasteiger partial charge is 0.495 e. The average Bonchev–Trinajstić information content (AvgIpc) is 3.07. The molecular formula is C17H21N3O3. The van der Waals surface area contributed by atoms with E-state index in [-0.39, 0.29) is 11.8 Å². The highest BCUT2D eigenvalue weighted by atomic mass is 16.5. The number of aryl methyl sites for hydroxylation is 1. The molecule has 6 heteroatoms. The van der Waals surface area contributed by atoms with Crippen LogP contribution in [0.25, 0.3) is 0 Å². The highest BCUT2D eigenvalue weighted by Crippen LogP contribution is 2.25. The lowest BCUT2D eigenvalue weighted by atomic mass is 10.1. The molecule has 1 heterocycles. The second kappa shape index (κ2) is 8.03. The number of methoxy groups -OCH3 is 1. The summed E-state index contributed by atoms with van der Waals surface area (Å²) in [6.45, 7) is 0.788. The molecule has 0 spiro atoms. The van der Waals surface area contributed by atoms with Gasteiger partial charge in [0.15, 0.2) is 0 Å². The molecule has 0 radical (unpaired) electrons. The summed E-state index contributed by atoms with van der Waals surface area (Å²) in [6, 6.07) is 8.84. The highest BCUT2D eigenvalue weighted by molar-refractivity contribution is 5.98. The summed E-state index contributed by atoms with van der Waals surface area (Å²) in [4.78, 5) is 23.8. The summed E-state index contributed by atoms with van der Waals surface area (Å²) in [5.41, 5.74) is 0.968. The zero-order valence-electron chi connectivity index (χ0n) is 13.3. The fraction of sp³-hybridized carbons (Fsp3) is 0.294. The number of hydrogen-bond donors (Lipinski definition) is 2. The van der Waals surface area contributed by atoms with E-state index in [4.69, 9.17) is 4.74 Å². The van der Waals surface area contributed by atoms with Gasteiger partial charge in [0, 0.05) is 38.0 Å². The van der Waals surface area contributed by atoms with Gasteiger partial charge in [0.25, 0.3) is 5.91 Å². The van der Waals surface area contributed by atoms with Crippen molar-refractivity contribution in [2.45, 2.75) is 19.4 Å². The lowest BCUT2D eigenvalue weighted by Gasteiger charge is -2.12. The Morgan fingerprint density at radius 1 is 1.22 bits per heavy atom. The van der Waals surface area contributed by atoms with Crippen LogP contribution in [0.3, 0.4) is 0 Å². The Balaban J connectivity index is 1.96. The van der Waals surface area contributed by atoms with Gasteiger partial charge in [0.1, 0.15) is 5.75 Å². The predicted octanol–water partition coefficient (Wildman–Crippen LogP) is 2.28. The van der Waals surface area contributed by atoms with Gasteiger partial charge in [-0.15, -0.1) is 0 Å². The van der Waals surface area contributed by atoms with Crippen LogP contribution in [0.5, 0.6) is 5.75 Å². The normalized spacial score (nSPS) is 10.2. The minimum Gasteiger partial charge on any atom is -0.495 e. The number of anilines is 1. The van der Waals surface area contributed by atoms with Gasteiger partial charge >= 0.3 is 0 Å². The molecule has 23 heavy (non-hydrogen) atoms. The molecule has 122 valence electrons. The van der Waals surface area contributed by atoms with E-state index in [1.807, 2.05) is 29.1 Å². The van der Waals surface area contributed by atoms with E-state index < -0.39 is 0 Å². The number of aromatic nitrogens is 1. The molecule has 0 bridgehead atoms. The molecule has 1 aromatic heterocycles. The smallest absolute Gasteiger partial charge is 0.251 e. The van der Waals surface area contributed by atoms with Crippen molar-refractivity contribution in [2.75, 3.05) is 19.5 Å². The molecule has 0 aliphatic heterocycles. The van der Waals surface area contributed by atoms with Crippen LogP contribution in [0.4, 0.5) is 5.69 Å². The summed E-state index contributed by atoms with van der Waals surface area (Å²) < 4.78 is 7.26. The number of ether oxygens (including phenoxy) is 1. The number of nitrogens with one attached hydrogen (secondary N) is 2. The standard InChI is InChI=1S/C17H21N3O3/c1-18-17(22)13-7-8-15(23-2)14(12-13)19-16(21)6-5-11-20-9-3-4-10-20/h3-4,7-10,12H,5-6,11H2,1-2H3,(H,18,22)(H,19,21). The summed E-state index contributed by atoms with van der Waals surface area (Å²) in [5.74, 6) is 0.205. The molecular weight excluding hydrogens is 294 g/mol. The quantitative estimate of drug-likeness (QED) is 0.823. The zero-order valence-corrected chi connectivity index (χ0v) is 13.3. The highest BCUT2D eigenvalue weighted by Gasteiger charge is 2.11. The van der Waals surface area contributed by atoms with Gasteiger partial charge in [0.2, 0.25) is 5.91 Å². The van der Waals surface area contributed by atoms with E-state index in [1.54, 1.807) is 25.2 Å². The van der Waals surface area contributed by atoms with Crippen molar-refractivity contribution < 1.29 is 14.3 Å². The summed E-state index contributed by atoms with van der Waals surface area (Å²) in [6.07, 6.45) is 5.06. The van der Waals surface area contributed by atoms with Crippen molar-refractivity contribution in [1.82, 2.24) is 9.88 Å². The molecule has 2 aromatic rings. The molecule has 0 aliphatic rings. The molecule has 2 rings (SSSR count). The van der Waals surface area contributed by atoms with Gasteiger partial charge in [-0.3, -0.25) is 9.59 Å². The van der Waals surface area contributed by atoms with E-state index in [0.29, 0.717) is 23.4 Å². The Kier molecular flexibility index (Phi) is 5.80. The van der Waals surface area contributed by atoms with Crippen molar-refractivity contribution in [1.29, 1.82) is 0 Å². The van der Waals surface area contributed by atoms with Gasteiger partial charge < -0.3 is 19.9 Å². The zero-order chi connectivity index (χ0) is 16.7. The second-order valence-electron chi connectivity index (χ2n) is 5.07. The average molecular weight is 315 g/mol. The molecule has 0 fully saturated rings. The molecule has 0 atom stereocenters. The Labute approximate surface area is 135 Å². The van der Waals surface area contributed by atoms with Gasteiger partial charge in [0.05, 0.1) is 12.8 Å². The minimum absolute atomic E-state index is 0.107. The second-order valence-corrected chi connectivity index (χ2v) is 5.07. The van der Waals surface area contributed by atoms with E-state index in [2.05, 4.69) is 10.6 Å². The topological polar surface area (TPSA) is 72.4 Å². The molecule has 2 amide bonds. The summed E-state index contributed by atoms with van der Waals surface area (Å²) >= 11 is 0. The Morgan fingerprint density at radius 3 is 2.61 bits per heavy atom. The number of carbonyl (C=O) groups excluding carboxylic acids is 2. The van der Waals surface area contributed by atoms with Crippen LogP contribution < -0.4 is 15.4 Å².